The van der Waals surface area contributed by atoms with Crippen molar-refractivity contribution < 1.29 is 14.7 Å². The third-order valence-electron chi connectivity index (χ3n) is 11.1. The van der Waals surface area contributed by atoms with E-state index < -0.39 is 17.6 Å². The number of hydrogen-bond donors (Lipinski definition) is 2. The second-order valence-electron chi connectivity index (χ2n) is 15.2. The minimum absolute atomic E-state index is 0.196. The second kappa shape index (κ2) is 18.6. The molecule has 0 aliphatic carbocycles. The van der Waals surface area contributed by atoms with Crippen molar-refractivity contribution in [2.24, 2.45) is 0 Å². The number of aliphatic carboxylic acids is 1. The summed E-state index contributed by atoms with van der Waals surface area (Å²) in [7, 11) is 0. The van der Waals surface area contributed by atoms with Crippen LogP contribution in [0.25, 0.3) is 22.5 Å². The van der Waals surface area contributed by atoms with Crippen LogP contribution in [-0.4, -0.2) is 52.8 Å². The zero-order valence-corrected chi connectivity index (χ0v) is 34.0. The maximum absolute atomic E-state index is 13.9. The number of carbonyl (C=O) groups excluding carboxylic acids is 1. The van der Waals surface area contributed by atoms with Gasteiger partial charge in [0, 0.05) is 24.6 Å². The quantitative estimate of drug-likeness (QED) is 0.0879. The normalized spacial score (nSPS) is 11.9. The molecule has 0 aliphatic rings. The van der Waals surface area contributed by atoms with Crippen LogP contribution in [-0.2, 0) is 29.7 Å². The van der Waals surface area contributed by atoms with E-state index in [2.05, 4.69) is 95.2 Å². The van der Waals surface area contributed by atoms with Crippen molar-refractivity contribution in [1.82, 2.24) is 35.1 Å². The number of nitrogens with one attached hydrogen (secondary N) is 1. The van der Waals surface area contributed by atoms with E-state index in [9.17, 15) is 14.7 Å². The van der Waals surface area contributed by atoms with Gasteiger partial charge in [-0.05, 0) is 62.2 Å². The molecule has 0 bridgehead atoms. The number of rotatable bonds is 17. The largest absolute Gasteiger partial charge is 0.481 e. The van der Waals surface area contributed by atoms with Crippen molar-refractivity contribution in [1.29, 1.82) is 0 Å². The van der Waals surface area contributed by atoms with Crippen molar-refractivity contribution >= 4 is 11.9 Å². The Balaban J connectivity index is 1.14. The van der Waals surface area contributed by atoms with Crippen molar-refractivity contribution in [3.8, 4) is 22.5 Å². The van der Waals surface area contributed by atoms with E-state index in [1.807, 2.05) is 106 Å². The van der Waals surface area contributed by atoms with Crippen molar-refractivity contribution in [2.45, 2.75) is 57.2 Å². The van der Waals surface area contributed by atoms with E-state index in [4.69, 9.17) is 10.3 Å². The fourth-order valence-corrected chi connectivity index (χ4v) is 8.24. The minimum Gasteiger partial charge on any atom is -0.481 e. The average Bonchev–Trinajstić information content (AvgIpc) is 3.95. The van der Waals surface area contributed by atoms with Crippen LogP contribution in [0.15, 0.2) is 176 Å². The van der Waals surface area contributed by atoms with E-state index in [-0.39, 0.29) is 12.3 Å². The lowest BCUT2D eigenvalue weighted by atomic mass is 9.77. The highest BCUT2D eigenvalue weighted by molar-refractivity contribution is 5.93. The summed E-state index contributed by atoms with van der Waals surface area (Å²) in [5.41, 5.74) is 7.29. The first-order chi connectivity index (χ1) is 29.9. The summed E-state index contributed by atoms with van der Waals surface area (Å²) in [5, 5.41) is 26.5. The topological polar surface area (TPSA) is 128 Å². The van der Waals surface area contributed by atoms with Gasteiger partial charge >= 0.3 is 5.97 Å². The minimum atomic E-state index is -0.973. The number of imidazole rings is 1. The lowest BCUT2D eigenvalue weighted by Crippen LogP contribution is -2.39. The van der Waals surface area contributed by atoms with E-state index in [0.29, 0.717) is 30.9 Å². The number of carbonyl (C=O) groups is 2. The van der Waals surface area contributed by atoms with Gasteiger partial charge in [0.2, 0.25) is 0 Å². The molecule has 0 aliphatic heterocycles. The highest BCUT2D eigenvalue weighted by Crippen LogP contribution is 2.43. The van der Waals surface area contributed by atoms with Crippen LogP contribution in [0.1, 0.15) is 70.3 Å². The predicted octanol–water partition coefficient (Wildman–Crippen LogP) is 9.25. The Bertz CT molecular complexity index is 2580. The number of carboxylic acids is 1. The lowest BCUT2D eigenvalue weighted by molar-refractivity contribution is -0.137. The van der Waals surface area contributed by atoms with E-state index in [1.165, 1.54) is 0 Å². The van der Waals surface area contributed by atoms with E-state index in [0.717, 1.165) is 63.2 Å². The molecule has 0 fully saturated rings. The Morgan fingerprint density at radius 3 is 1.82 bits per heavy atom. The standard InChI is InChI=1S/C51H47N7O3/c1-2-3-28-47-52-35-46(50(61)53-43(34-48(59)60)33-37-18-8-4-9-19-37)57(47)36-38-29-31-39(32-30-38)44-26-16-17-27-45(44)49-54-55-56-58(49)51(40-20-10-5-11-21-40,41-22-12-6-13-23-41)42-24-14-7-15-25-42/h4-27,29-32,35,43H,2-3,28,33-34,36H2,1H3,(H,53,61)(H,59,60). The molecule has 304 valence electrons. The van der Waals surface area contributed by atoms with Crippen LogP contribution >= 0.6 is 0 Å². The number of benzene rings is 6. The molecule has 1 amide bonds. The number of carboxylic acid groups (broad SMARTS) is 1. The molecule has 0 saturated heterocycles. The first kappa shape index (κ1) is 40.3. The van der Waals surface area contributed by atoms with Crippen LogP contribution < -0.4 is 5.32 Å². The molecular weight excluding hydrogens is 759 g/mol. The van der Waals surface area contributed by atoms with Gasteiger partial charge in [-0.25, -0.2) is 9.67 Å². The summed E-state index contributed by atoms with van der Waals surface area (Å²) in [6.45, 7) is 2.54. The molecule has 10 heteroatoms. The molecule has 6 aromatic carbocycles. The van der Waals surface area contributed by atoms with Gasteiger partial charge in [-0.3, -0.25) is 9.59 Å². The van der Waals surface area contributed by atoms with Crippen molar-refractivity contribution in [2.75, 3.05) is 0 Å². The Morgan fingerprint density at radius 2 is 1.25 bits per heavy atom. The van der Waals surface area contributed by atoms with Gasteiger partial charge in [-0.15, -0.1) is 5.10 Å². The van der Waals surface area contributed by atoms with Crippen molar-refractivity contribution in [3.05, 3.63) is 215 Å². The Labute approximate surface area is 355 Å². The third kappa shape index (κ3) is 8.65. The van der Waals surface area contributed by atoms with Gasteiger partial charge in [-0.2, -0.15) is 0 Å². The van der Waals surface area contributed by atoms with Crippen LogP contribution in [0.3, 0.4) is 0 Å². The molecule has 0 spiro atoms. The lowest BCUT2D eigenvalue weighted by Gasteiger charge is -2.36. The molecule has 0 saturated carbocycles. The number of nitrogens with zero attached hydrogens (tertiary/aromatic N) is 6. The molecule has 1 unspecified atom stereocenters. The molecule has 10 nitrogen and oxygen atoms in total. The van der Waals surface area contributed by atoms with Crippen LogP contribution in [0.4, 0.5) is 0 Å². The van der Waals surface area contributed by atoms with Gasteiger partial charge in [0.25, 0.3) is 5.91 Å². The number of tetrazole rings is 1. The molecular formula is C51H47N7O3. The Hall–Kier alpha value is -7.46. The van der Waals surface area contributed by atoms with Gasteiger partial charge in [0.15, 0.2) is 5.82 Å². The van der Waals surface area contributed by atoms with Crippen molar-refractivity contribution in [3.63, 3.8) is 0 Å². The smallest absolute Gasteiger partial charge is 0.305 e. The molecule has 1 atom stereocenters. The number of amides is 1. The maximum atomic E-state index is 13.9. The molecule has 2 aromatic heterocycles. The zero-order chi connectivity index (χ0) is 42.0. The van der Waals surface area contributed by atoms with Crippen LogP contribution in [0, 0.1) is 0 Å². The summed E-state index contributed by atoms with van der Waals surface area (Å²) in [4.78, 5) is 30.4. The number of unbranched alkanes of at least 4 members (excludes halogenated alkanes) is 1. The molecule has 8 rings (SSSR count). The number of hydrogen-bond acceptors (Lipinski definition) is 6. The highest BCUT2D eigenvalue weighted by Gasteiger charge is 2.42. The van der Waals surface area contributed by atoms with Crippen LogP contribution in [0.2, 0.25) is 0 Å². The molecule has 2 heterocycles. The second-order valence-corrected chi connectivity index (χ2v) is 15.2. The highest BCUT2D eigenvalue weighted by atomic mass is 16.4. The van der Waals surface area contributed by atoms with Gasteiger partial charge in [-0.1, -0.05) is 183 Å². The fourth-order valence-electron chi connectivity index (χ4n) is 8.24. The first-order valence-corrected chi connectivity index (χ1v) is 20.7. The monoisotopic (exact) mass is 805 g/mol. The molecule has 2 N–H and O–H groups in total. The zero-order valence-electron chi connectivity index (χ0n) is 34.0. The number of aryl methyl sites for hydroxylation is 1. The fraction of sp³-hybridized carbons (Fsp3) is 0.176. The maximum Gasteiger partial charge on any atom is 0.305 e. The SMILES string of the molecule is CCCCc1ncc(C(=O)NC(CC(=O)O)Cc2ccccc2)n1Cc1ccc(-c2ccccc2-c2nnnn2C(c2ccccc2)(c2ccccc2)c2ccccc2)cc1. The molecule has 61 heavy (non-hydrogen) atoms. The molecule has 8 aromatic rings. The Kier molecular flexibility index (Phi) is 12.3. The third-order valence-corrected chi connectivity index (χ3v) is 11.1. The van der Waals surface area contributed by atoms with E-state index in [1.54, 1.807) is 6.20 Å². The average molecular weight is 806 g/mol. The van der Waals surface area contributed by atoms with Gasteiger partial charge in [0.1, 0.15) is 17.1 Å². The summed E-state index contributed by atoms with van der Waals surface area (Å²) in [6.07, 6.45) is 4.42. The number of aromatic nitrogens is 6. The van der Waals surface area contributed by atoms with Crippen LogP contribution in [0.5, 0.6) is 0 Å². The first-order valence-electron chi connectivity index (χ1n) is 20.7. The summed E-state index contributed by atoms with van der Waals surface area (Å²) in [6, 6.07) is 56.6. The van der Waals surface area contributed by atoms with E-state index >= 15 is 0 Å². The predicted molar refractivity (Wildman–Crippen MR) is 237 cm³/mol. The Morgan fingerprint density at radius 1 is 0.689 bits per heavy atom. The summed E-state index contributed by atoms with van der Waals surface area (Å²) < 4.78 is 3.91. The summed E-state index contributed by atoms with van der Waals surface area (Å²) in [5.74, 6) is 0.0990. The van der Waals surface area contributed by atoms with Gasteiger partial charge < -0.3 is 15.0 Å². The molecule has 0 radical (unpaired) electrons. The van der Waals surface area contributed by atoms with Gasteiger partial charge in [0.05, 0.1) is 12.6 Å². The summed E-state index contributed by atoms with van der Waals surface area (Å²) >= 11 is 0.